The Morgan fingerprint density at radius 2 is 2.09 bits per heavy atom. The fourth-order valence-electron chi connectivity index (χ4n) is 1.06. The SMILES string of the molecule is Cc1ccccc1CC(N)S. The molecule has 0 heterocycles. The lowest BCUT2D eigenvalue weighted by atomic mass is 10.1. The van der Waals surface area contributed by atoms with Gasteiger partial charge < -0.3 is 5.73 Å². The number of hydrogen-bond acceptors (Lipinski definition) is 2. The van der Waals surface area contributed by atoms with Gasteiger partial charge in [0.05, 0.1) is 5.37 Å². The fraction of sp³-hybridized carbons (Fsp3) is 0.333. The Morgan fingerprint density at radius 3 is 2.64 bits per heavy atom. The van der Waals surface area contributed by atoms with E-state index >= 15 is 0 Å². The van der Waals surface area contributed by atoms with Gasteiger partial charge in [-0.05, 0) is 24.5 Å². The van der Waals surface area contributed by atoms with Gasteiger partial charge in [-0.3, -0.25) is 0 Å². The Bertz CT molecular complexity index is 233. The lowest BCUT2D eigenvalue weighted by Gasteiger charge is -2.06. The van der Waals surface area contributed by atoms with Crippen molar-refractivity contribution in [1.29, 1.82) is 0 Å². The van der Waals surface area contributed by atoms with E-state index in [0.717, 1.165) is 6.42 Å². The predicted molar refractivity (Wildman–Crippen MR) is 51.8 cm³/mol. The third-order valence-corrected chi connectivity index (χ3v) is 1.87. The number of hydrogen-bond donors (Lipinski definition) is 2. The Kier molecular flexibility index (Phi) is 2.97. The summed E-state index contributed by atoms with van der Waals surface area (Å²) in [7, 11) is 0. The highest BCUT2D eigenvalue weighted by Crippen LogP contribution is 2.09. The van der Waals surface area contributed by atoms with Crippen LogP contribution in [0.15, 0.2) is 24.3 Å². The molecule has 0 spiro atoms. The largest absolute Gasteiger partial charge is 0.319 e. The molecule has 60 valence electrons. The number of nitrogens with two attached hydrogens (primary N) is 1. The average Bonchev–Trinajstić information content (AvgIpc) is 1.93. The number of rotatable bonds is 2. The summed E-state index contributed by atoms with van der Waals surface area (Å²) in [6.07, 6.45) is 0.843. The molecule has 1 rings (SSSR count). The maximum absolute atomic E-state index is 5.56. The zero-order valence-corrected chi connectivity index (χ0v) is 7.51. The Morgan fingerprint density at radius 1 is 1.45 bits per heavy atom. The van der Waals surface area contributed by atoms with Crippen molar-refractivity contribution in [2.45, 2.75) is 18.7 Å². The van der Waals surface area contributed by atoms with Crippen LogP contribution < -0.4 is 5.73 Å². The van der Waals surface area contributed by atoms with Gasteiger partial charge in [-0.25, -0.2) is 0 Å². The van der Waals surface area contributed by atoms with Crippen LogP contribution in [0.3, 0.4) is 0 Å². The van der Waals surface area contributed by atoms with Gasteiger partial charge in [0.2, 0.25) is 0 Å². The van der Waals surface area contributed by atoms with Crippen LogP contribution in [0.4, 0.5) is 0 Å². The maximum atomic E-state index is 5.56. The predicted octanol–water partition coefficient (Wildman–Crippen LogP) is 1.75. The number of benzene rings is 1. The van der Waals surface area contributed by atoms with Crippen molar-refractivity contribution in [3.8, 4) is 0 Å². The summed E-state index contributed by atoms with van der Waals surface area (Å²) in [5.41, 5.74) is 8.13. The molecule has 0 aromatic heterocycles. The van der Waals surface area contributed by atoms with Gasteiger partial charge in [-0.2, -0.15) is 12.6 Å². The lowest BCUT2D eigenvalue weighted by molar-refractivity contribution is 0.901. The minimum atomic E-state index is -0.0453. The van der Waals surface area contributed by atoms with Crippen molar-refractivity contribution in [1.82, 2.24) is 0 Å². The number of aryl methyl sites for hydroxylation is 1. The zero-order chi connectivity index (χ0) is 8.27. The first-order valence-electron chi connectivity index (χ1n) is 3.68. The second-order valence-corrected chi connectivity index (χ2v) is 3.36. The fourth-order valence-corrected chi connectivity index (χ4v) is 1.26. The summed E-state index contributed by atoms with van der Waals surface area (Å²) >= 11 is 4.13. The zero-order valence-electron chi connectivity index (χ0n) is 6.62. The molecule has 1 atom stereocenters. The second kappa shape index (κ2) is 3.79. The van der Waals surface area contributed by atoms with Crippen LogP contribution in [-0.2, 0) is 6.42 Å². The lowest BCUT2D eigenvalue weighted by Crippen LogP contribution is -2.15. The highest BCUT2D eigenvalue weighted by Gasteiger charge is 1.99. The van der Waals surface area contributed by atoms with Gasteiger partial charge in [0, 0.05) is 0 Å². The molecule has 0 aliphatic heterocycles. The smallest absolute Gasteiger partial charge is 0.0518 e. The molecule has 1 unspecified atom stereocenters. The van der Waals surface area contributed by atoms with E-state index in [-0.39, 0.29) is 5.37 Å². The van der Waals surface area contributed by atoms with E-state index in [1.165, 1.54) is 11.1 Å². The summed E-state index contributed by atoms with van der Waals surface area (Å²) in [4.78, 5) is 0. The molecule has 2 heteroatoms. The molecule has 11 heavy (non-hydrogen) atoms. The van der Waals surface area contributed by atoms with Crippen molar-refractivity contribution in [2.75, 3.05) is 0 Å². The van der Waals surface area contributed by atoms with E-state index in [1.807, 2.05) is 12.1 Å². The molecular weight excluding hydrogens is 154 g/mol. The van der Waals surface area contributed by atoms with Crippen LogP contribution in [0.2, 0.25) is 0 Å². The van der Waals surface area contributed by atoms with E-state index < -0.39 is 0 Å². The molecule has 2 N–H and O–H groups in total. The molecule has 1 nitrogen and oxygen atoms in total. The van der Waals surface area contributed by atoms with Gasteiger partial charge >= 0.3 is 0 Å². The molecule has 0 aliphatic carbocycles. The third-order valence-electron chi connectivity index (χ3n) is 1.69. The van der Waals surface area contributed by atoms with E-state index in [0.29, 0.717) is 0 Å². The van der Waals surface area contributed by atoms with E-state index in [1.54, 1.807) is 0 Å². The summed E-state index contributed by atoms with van der Waals surface area (Å²) in [6.45, 7) is 2.09. The maximum Gasteiger partial charge on any atom is 0.0518 e. The first-order valence-corrected chi connectivity index (χ1v) is 4.20. The molecule has 1 aromatic rings. The summed E-state index contributed by atoms with van der Waals surface area (Å²) in [5.74, 6) is 0. The van der Waals surface area contributed by atoms with Gasteiger partial charge in [0.25, 0.3) is 0 Å². The topological polar surface area (TPSA) is 26.0 Å². The van der Waals surface area contributed by atoms with Crippen LogP contribution in [0, 0.1) is 6.92 Å². The van der Waals surface area contributed by atoms with E-state index in [2.05, 4.69) is 31.7 Å². The standard InChI is InChI=1S/C9H13NS/c1-7-4-2-3-5-8(7)6-9(10)11/h2-5,9,11H,6,10H2,1H3. The van der Waals surface area contributed by atoms with E-state index in [4.69, 9.17) is 5.73 Å². The second-order valence-electron chi connectivity index (χ2n) is 2.70. The van der Waals surface area contributed by atoms with E-state index in [9.17, 15) is 0 Å². The highest BCUT2D eigenvalue weighted by molar-refractivity contribution is 7.80. The minimum absolute atomic E-state index is 0.0453. The normalized spacial score (nSPS) is 13.0. The molecule has 0 saturated carbocycles. The van der Waals surface area contributed by atoms with Gasteiger partial charge in [-0.1, -0.05) is 24.3 Å². The Labute approximate surface area is 73.0 Å². The van der Waals surface area contributed by atoms with Crippen molar-refractivity contribution < 1.29 is 0 Å². The number of thiol groups is 1. The molecule has 1 aromatic carbocycles. The van der Waals surface area contributed by atoms with Gasteiger partial charge in [0.15, 0.2) is 0 Å². The summed E-state index contributed by atoms with van der Waals surface area (Å²) < 4.78 is 0. The highest BCUT2D eigenvalue weighted by atomic mass is 32.1. The quantitative estimate of drug-likeness (QED) is 0.509. The molecule has 0 aliphatic rings. The monoisotopic (exact) mass is 167 g/mol. The molecule has 0 bridgehead atoms. The van der Waals surface area contributed by atoms with Crippen LogP contribution in [0.5, 0.6) is 0 Å². The molecule has 0 saturated heterocycles. The van der Waals surface area contributed by atoms with Gasteiger partial charge in [-0.15, -0.1) is 0 Å². The van der Waals surface area contributed by atoms with Crippen molar-refractivity contribution in [3.05, 3.63) is 35.4 Å². The average molecular weight is 167 g/mol. The van der Waals surface area contributed by atoms with Gasteiger partial charge in [0.1, 0.15) is 0 Å². The molecule has 0 fully saturated rings. The van der Waals surface area contributed by atoms with Crippen LogP contribution in [0.1, 0.15) is 11.1 Å². The first kappa shape index (κ1) is 8.62. The summed E-state index contributed by atoms with van der Waals surface area (Å²) in [5, 5.41) is -0.0453. The molecule has 0 radical (unpaired) electrons. The summed E-state index contributed by atoms with van der Waals surface area (Å²) in [6, 6.07) is 8.23. The van der Waals surface area contributed by atoms with Crippen LogP contribution in [-0.4, -0.2) is 5.37 Å². The molecular formula is C9H13NS. The minimum Gasteiger partial charge on any atom is -0.319 e. The van der Waals surface area contributed by atoms with Crippen molar-refractivity contribution >= 4 is 12.6 Å². The Balaban J connectivity index is 2.78. The molecule has 0 amide bonds. The Hall–Kier alpha value is -0.470. The first-order chi connectivity index (χ1) is 5.20. The third kappa shape index (κ3) is 2.56. The van der Waals surface area contributed by atoms with Crippen LogP contribution >= 0.6 is 12.6 Å². The van der Waals surface area contributed by atoms with Crippen molar-refractivity contribution in [2.24, 2.45) is 5.73 Å². The van der Waals surface area contributed by atoms with Crippen molar-refractivity contribution in [3.63, 3.8) is 0 Å². The van der Waals surface area contributed by atoms with Crippen LogP contribution in [0.25, 0.3) is 0 Å².